The number of hydrogen-bond acceptors (Lipinski definition) is 4. The molecule has 5 heteroatoms. The molecule has 0 aromatic carbocycles. The van der Waals surface area contributed by atoms with Crippen LogP contribution in [-0.2, 0) is 18.1 Å². The van der Waals surface area contributed by atoms with Gasteiger partial charge in [0.2, 0.25) is 0 Å². The third-order valence-corrected chi connectivity index (χ3v) is 2.37. The SMILES string of the molecule is C/C=C/COP(=O)(OC)OC. The maximum Gasteiger partial charge on any atom is 0.474 e. The molecule has 0 saturated heterocycles. The largest absolute Gasteiger partial charge is 0.474 e. The summed E-state index contributed by atoms with van der Waals surface area (Å²) in [6, 6.07) is 0. The van der Waals surface area contributed by atoms with Crippen molar-refractivity contribution in [1.29, 1.82) is 0 Å². The van der Waals surface area contributed by atoms with Gasteiger partial charge in [-0.1, -0.05) is 12.2 Å². The quantitative estimate of drug-likeness (QED) is 0.479. The van der Waals surface area contributed by atoms with E-state index in [0.29, 0.717) is 0 Å². The average Bonchev–Trinajstić information content (AvgIpc) is 2.05. The molecule has 0 aliphatic heterocycles. The number of phosphoric acid groups is 1. The molecule has 0 amide bonds. The summed E-state index contributed by atoms with van der Waals surface area (Å²) >= 11 is 0. The van der Waals surface area contributed by atoms with Gasteiger partial charge >= 0.3 is 7.82 Å². The van der Waals surface area contributed by atoms with Gasteiger partial charge in [-0.25, -0.2) is 4.57 Å². The van der Waals surface area contributed by atoms with Crippen molar-refractivity contribution in [1.82, 2.24) is 0 Å². The Morgan fingerprint density at radius 1 is 1.36 bits per heavy atom. The predicted molar refractivity (Wildman–Crippen MR) is 42.4 cm³/mol. The van der Waals surface area contributed by atoms with Gasteiger partial charge in [0.25, 0.3) is 0 Å². The molecule has 0 heterocycles. The van der Waals surface area contributed by atoms with Crippen LogP contribution in [0.1, 0.15) is 6.92 Å². The van der Waals surface area contributed by atoms with Crippen LogP contribution >= 0.6 is 7.82 Å². The van der Waals surface area contributed by atoms with Crippen LogP contribution in [0.5, 0.6) is 0 Å². The van der Waals surface area contributed by atoms with Crippen molar-refractivity contribution in [2.45, 2.75) is 6.92 Å². The van der Waals surface area contributed by atoms with Crippen LogP contribution in [0.25, 0.3) is 0 Å². The van der Waals surface area contributed by atoms with Gasteiger partial charge in [0, 0.05) is 14.2 Å². The summed E-state index contributed by atoms with van der Waals surface area (Å²) in [5.74, 6) is 0. The summed E-state index contributed by atoms with van der Waals surface area (Å²) in [5.41, 5.74) is 0. The zero-order valence-electron chi connectivity index (χ0n) is 6.94. The molecule has 0 fully saturated rings. The molecule has 0 rings (SSSR count). The molecule has 0 radical (unpaired) electrons. The first-order valence-corrected chi connectivity index (χ1v) is 4.61. The van der Waals surface area contributed by atoms with Gasteiger partial charge in [0.1, 0.15) is 0 Å². The normalized spacial score (nSPS) is 12.6. The second-order valence-electron chi connectivity index (χ2n) is 1.68. The second-order valence-corrected chi connectivity index (χ2v) is 3.56. The van der Waals surface area contributed by atoms with E-state index < -0.39 is 7.82 Å². The van der Waals surface area contributed by atoms with E-state index in [1.165, 1.54) is 14.2 Å². The Kier molecular flexibility index (Phi) is 5.42. The highest BCUT2D eigenvalue weighted by molar-refractivity contribution is 7.48. The summed E-state index contributed by atoms with van der Waals surface area (Å²) < 4.78 is 24.9. The molecular formula is C6H13O4P. The Hall–Kier alpha value is -0.150. The van der Waals surface area contributed by atoms with E-state index in [1.54, 1.807) is 12.2 Å². The van der Waals surface area contributed by atoms with Crippen molar-refractivity contribution in [2.75, 3.05) is 20.8 Å². The zero-order chi connectivity index (χ0) is 8.74. The lowest BCUT2D eigenvalue weighted by Crippen LogP contribution is -1.94. The van der Waals surface area contributed by atoms with Gasteiger partial charge in [0.05, 0.1) is 6.61 Å². The van der Waals surface area contributed by atoms with E-state index in [4.69, 9.17) is 4.52 Å². The van der Waals surface area contributed by atoms with Crippen LogP contribution in [0.4, 0.5) is 0 Å². The highest BCUT2D eigenvalue weighted by Crippen LogP contribution is 2.47. The molecule has 0 bridgehead atoms. The third-order valence-electron chi connectivity index (χ3n) is 1.01. The van der Waals surface area contributed by atoms with Gasteiger partial charge in [0.15, 0.2) is 0 Å². The Labute approximate surface area is 66.8 Å². The van der Waals surface area contributed by atoms with Crippen molar-refractivity contribution < 1.29 is 18.1 Å². The molecular weight excluding hydrogens is 167 g/mol. The fourth-order valence-electron chi connectivity index (χ4n) is 0.410. The zero-order valence-corrected chi connectivity index (χ0v) is 7.84. The van der Waals surface area contributed by atoms with Crippen LogP contribution in [0.15, 0.2) is 12.2 Å². The lowest BCUT2D eigenvalue weighted by molar-refractivity contribution is 0.164. The molecule has 11 heavy (non-hydrogen) atoms. The first-order valence-electron chi connectivity index (χ1n) is 3.15. The summed E-state index contributed by atoms with van der Waals surface area (Å²) in [5, 5.41) is 0. The number of allylic oxidation sites excluding steroid dienone is 1. The maximum absolute atomic E-state index is 11.1. The Morgan fingerprint density at radius 2 is 1.91 bits per heavy atom. The van der Waals surface area contributed by atoms with Crippen LogP contribution in [0, 0.1) is 0 Å². The second kappa shape index (κ2) is 5.49. The molecule has 0 aromatic rings. The van der Waals surface area contributed by atoms with E-state index in [0.717, 1.165) is 0 Å². The van der Waals surface area contributed by atoms with E-state index in [1.807, 2.05) is 6.92 Å². The number of phosphoric ester groups is 1. The summed E-state index contributed by atoms with van der Waals surface area (Å²) in [7, 11) is -0.707. The van der Waals surface area contributed by atoms with Crippen LogP contribution in [0.2, 0.25) is 0 Å². The molecule has 0 aliphatic rings. The van der Waals surface area contributed by atoms with Crippen molar-refractivity contribution >= 4 is 7.82 Å². The minimum Gasteiger partial charge on any atom is -0.290 e. The van der Waals surface area contributed by atoms with E-state index in [9.17, 15) is 4.57 Å². The van der Waals surface area contributed by atoms with E-state index in [2.05, 4.69) is 9.05 Å². The van der Waals surface area contributed by atoms with Gasteiger partial charge in [-0.05, 0) is 6.92 Å². The summed E-state index contributed by atoms with van der Waals surface area (Å²) in [6.45, 7) is 2.07. The minimum absolute atomic E-state index is 0.232. The highest BCUT2D eigenvalue weighted by Gasteiger charge is 2.21. The molecule has 0 aromatic heterocycles. The lowest BCUT2D eigenvalue weighted by Gasteiger charge is -2.10. The first kappa shape index (κ1) is 10.8. The molecule has 0 aliphatic carbocycles. The van der Waals surface area contributed by atoms with Crippen LogP contribution in [-0.4, -0.2) is 20.8 Å². The fourth-order valence-corrected chi connectivity index (χ4v) is 1.04. The van der Waals surface area contributed by atoms with Gasteiger partial charge < -0.3 is 0 Å². The molecule has 0 spiro atoms. The van der Waals surface area contributed by atoms with Crippen LogP contribution < -0.4 is 0 Å². The monoisotopic (exact) mass is 180 g/mol. The standard InChI is InChI=1S/C6H13O4P/c1-4-5-6-10-11(7,8-2)9-3/h4-5H,6H2,1-3H3/b5-4+. The average molecular weight is 180 g/mol. The Bertz CT molecular complexity index is 158. The molecule has 0 N–H and O–H groups in total. The fraction of sp³-hybridized carbons (Fsp3) is 0.667. The molecule has 0 unspecified atom stereocenters. The van der Waals surface area contributed by atoms with Gasteiger partial charge in [-0.3, -0.25) is 13.6 Å². The summed E-state index contributed by atoms with van der Waals surface area (Å²) in [6.07, 6.45) is 3.50. The van der Waals surface area contributed by atoms with Crippen molar-refractivity contribution in [3.8, 4) is 0 Å². The topological polar surface area (TPSA) is 44.8 Å². The smallest absolute Gasteiger partial charge is 0.290 e. The molecule has 4 nitrogen and oxygen atoms in total. The van der Waals surface area contributed by atoms with Crippen molar-refractivity contribution in [3.63, 3.8) is 0 Å². The van der Waals surface area contributed by atoms with E-state index in [-0.39, 0.29) is 6.61 Å². The molecule has 0 atom stereocenters. The number of hydrogen-bond donors (Lipinski definition) is 0. The first-order chi connectivity index (χ1) is 5.18. The van der Waals surface area contributed by atoms with Crippen molar-refractivity contribution in [3.05, 3.63) is 12.2 Å². The highest BCUT2D eigenvalue weighted by atomic mass is 31.2. The lowest BCUT2D eigenvalue weighted by atomic mass is 10.6. The van der Waals surface area contributed by atoms with Crippen LogP contribution in [0.3, 0.4) is 0 Å². The van der Waals surface area contributed by atoms with E-state index >= 15 is 0 Å². The maximum atomic E-state index is 11.1. The minimum atomic E-state index is -3.26. The Balaban J connectivity index is 3.79. The Morgan fingerprint density at radius 3 is 2.27 bits per heavy atom. The van der Waals surface area contributed by atoms with Gasteiger partial charge in [-0.2, -0.15) is 0 Å². The van der Waals surface area contributed by atoms with Crippen molar-refractivity contribution in [2.24, 2.45) is 0 Å². The predicted octanol–water partition coefficient (Wildman–Crippen LogP) is 1.98. The number of rotatable bonds is 5. The molecule has 0 saturated carbocycles. The molecule has 66 valence electrons. The summed E-state index contributed by atoms with van der Waals surface area (Å²) in [4.78, 5) is 0. The third kappa shape index (κ3) is 4.32. The van der Waals surface area contributed by atoms with Gasteiger partial charge in [-0.15, -0.1) is 0 Å².